The van der Waals surface area contributed by atoms with Crippen molar-refractivity contribution in [1.29, 1.82) is 0 Å². The van der Waals surface area contributed by atoms with Gasteiger partial charge in [0.05, 0.1) is 0 Å². The molecular formula is C14H14ClNO4. The van der Waals surface area contributed by atoms with E-state index in [-0.39, 0.29) is 30.6 Å². The topological polar surface area (TPSA) is 79.5 Å². The fourth-order valence-corrected chi connectivity index (χ4v) is 2.03. The molecule has 20 heavy (non-hydrogen) atoms. The molecule has 0 aliphatic carbocycles. The molecule has 0 radical (unpaired) electrons. The summed E-state index contributed by atoms with van der Waals surface area (Å²) in [4.78, 5) is 22.4. The van der Waals surface area contributed by atoms with E-state index in [1.165, 1.54) is 0 Å². The molecule has 0 aliphatic rings. The van der Waals surface area contributed by atoms with E-state index in [1.807, 2.05) is 0 Å². The number of halogens is 1. The van der Waals surface area contributed by atoms with Crippen molar-refractivity contribution in [3.8, 4) is 0 Å². The van der Waals surface area contributed by atoms with Crippen LogP contribution in [-0.2, 0) is 4.79 Å². The van der Waals surface area contributed by atoms with Gasteiger partial charge in [-0.2, -0.15) is 0 Å². The number of furan rings is 1. The van der Waals surface area contributed by atoms with E-state index in [9.17, 15) is 9.59 Å². The Morgan fingerprint density at radius 3 is 2.85 bits per heavy atom. The van der Waals surface area contributed by atoms with Gasteiger partial charge in [0, 0.05) is 23.4 Å². The van der Waals surface area contributed by atoms with Crippen molar-refractivity contribution in [2.24, 2.45) is 5.92 Å². The number of rotatable bonds is 5. The van der Waals surface area contributed by atoms with Crippen LogP contribution >= 0.6 is 11.6 Å². The van der Waals surface area contributed by atoms with Gasteiger partial charge in [-0.05, 0) is 30.2 Å². The van der Waals surface area contributed by atoms with Crippen molar-refractivity contribution in [3.05, 3.63) is 35.0 Å². The molecule has 2 aromatic rings. The highest BCUT2D eigenvalue weighted by Crippen LogP contribution is 2.22. The monoisotopic (exact) mass is 295 g/mol. The van der Waals surface area contributed by atoms with Gasteiger partial charge in [0.15, 0.2) is 5.76 Å². The summed E-state index contributed by atoms with van der Waals surface area (Å²) in [7, 11) is 0. The van der Waals surface area contributed by atoms with Crippen molar-refractivity contribution in [1.82, 2.24) is 5.32 Å². The number of fused-ring (bicyclic) bond motifs is 1. The first-order valence-corrected chi connectivity index (χ1v) is 6.52. The number of hydrogen-bond acceptors (Lipinski definition) is 3. The largest absolute Gasteiger partial charge is 0.481 e. The van der Waals surface area contributed by atoms with Gasteiger partial charge in [0.25, 0.3) is 5.91 Å². The first-order chi connectivity index (χ1) is 9.45. The van der Waals surface area contributed by atoms with Crippen LogP contribution in [0.25, 0.3) is 11.0 Å². The van der Waals surface area contributed by atoms with Gasteiger partial charge in [-0.15, -0.1) is 0 Å². The van der Waals surface area contributed by atoms with Crippen LogP contribution in [0.2, 0.25) is 5.02 Å². The molecule has 0 aliphatic heterocycles. The van der Waals surface area contributed by atoms with Crippen LogP contribution in [0.5, 0.6) is 0 Å². The van der Waals surface area contributed by atoms with Gasteiger partial charge in [-0.25, -0.2) is 0 Å². The van der Waals surface area contributed by atoms with Crippen molar-refractivity contribution < 1.29 is 19.1 Å². The summed E-state index contributed by atoms with van der Waals surface area (Å²) < 4.78 is 5.41. The van der Waals surface area contributed by atoms with Gasteiger partial charge in [-0.1, -0.05) is 18.5 Å². The molecule has 1 aromatic heterocycles. The lowest BCUT2D eigenvalue weighted by Crippen LogP contribution is -2.28. The van der Waals surface area contributed by atoms with E-state index in [4.69, 9.17) is 21.1 Å². The van der Waals surface area contributed by atoms with Crippen LogP contribution in [0.1, 0.15) is 23.9 Å². The van der Waals surface area contributed by atoms with Crippen LogP contribution in [0.4, 0.5) is 0 Å². The van der Waals surface area contributed by atoms with Gasteiger partial charge >= 0.3 is 5.97 Å². The Morgan fingerprint density at radius 1 is 1.40 bits per heavy atom. The zero-order valence-electron chi connectivity index (χ0n) is 10.9. The van der Waals surface area contributed by atoms with Crippen molar-refractivity contribution in [3.63, 3.8) is 0 Å². The third kappa shape index (κ3) is 3.51. The molecule has 1 atom stereocenters. The third-order valence-corrected chi connectivity index (χ3v) is 3.07. The maximum absolute atomic E-state index is 11.9. The number of carbonyl (C=O) groups is 2. The highest BCUT2D eigenvalue weighted by molar-refractivity contribution is 6.31. The molecule has 1 unspecified atom stereocenters. The molecule has 106 valence electrons. The second-order valence-electron chi connectivity index (χ2n) is 4.71. The van der Waals surface area contributed by atoms with E-state index < -0.39 is 5.97 Å². The average Bonchev–Trinajstić information content (AvgIpc) is 2.78. The molecule has 0 saturated heterocycles. The molecule has 2 N–H and O–H groups in total. The molecule has 0 fully saturated rings. The summed E-state index contributed by atoms with van der Waals surface area (Å²) in [6.45, 7) is 2.04. The van der Waals surface area contributed by atoms with E-state index >= 15 is 0 Å². The maximum atomic E-state index is 11.9. The minimum Gasteiger partial charge on any atom is -0.481 e. The molecule has 2 rings (SSSR count). The normalized spacial score (nSPS) is 12.3. The second-order valence-corrected chi connectivity index (χ2v) is 5.14. The van der Waals surface area contributed by atoms with Crippen LogP contribution in [0.15, 0.2) is 28.7 Å². The van der Waals surface area contributed by atoms with E-state index in [2.05, 4.69) is 5.32 Å². The Morgan fingerprint density at radius 2 is 2.15 bits per heavy atom. The molecule has 0 saturated carbocycles. The lowest BCUT2D eigenvalue weighted by molar-refractivity contribution is -0.137. The SMILES string of the molecule is CC(CNC(=O)c1cc2cc(Cl)ccc2o1)CC(=O)O. The summed E-state index contributed by atoms with van der Waals surface area (Å²) in [5.41, 5.74) is 0.582. The Hall–Kier alpha value is -2.01. The Balaban J connectivity index is 2.02. The van der Waals surface area contributed by atoms with Crippen molar-refractivity contribution in [2.45, 2.75) is 13.3 Å². The highest BCUT2D eigenvalue weighted by Gasteiger charge is 2.14. The van der Waals surface area contributed by atoms with Crippen LogP contribution < -0.4 is 5.32 Å². The van der Waals surface area contributed by atoms with Gasteiger partial charge in [0.2, 0.25) is 0 Å². The lowest BCUT2D eigenvalue weighted by Gasteiger charge is -2.08. The van der Waals surface area contributed by atoms with Gasteiger partial charge < -0.3 is 14.8 Å². The standard InChI is InChI=1S/C14H14ClNO4/c1-8(4-13(17)18)7-16-14(19)12-6-9-5-10(15)2-3-11(9)20-12/h2-3,5-6,8H,4,7H2,1H3,(H,16,19)(H,17,18). The number of carboxylic acid groups (broad SMARTS) is 1. The number of hydrogen-bond donors (Lipinski definition) is 2. The predicted octanol–water partition coefficient (Wildman–Crippen LogP) is 2.93. The number of carbonyl (C=O) groups excluding carboxylic acids is 1. The molecule has 0 bridgehead atoms. The fourth-order valence-electron chi connectivity index (χ4n) is 1.85. The van der Waals surface area contributed by atoms with E-state index in [0.29, 0.717) is 10.6 Å². The molecule has 0 spiro atoms. The zero-order valence-corrected chi connectivity index (χ0v) is 11.6. The second kappa shape index (κ2) is 5.96. The summed E-state index contributed by atoms with van der Waals surface area (Å²) in [5.74, 6) is -1.21. The van der Waals surface area contributed by atoms with E-state index in [1.54, 1.807) is 31.2 Å². The number of aliphatic carboxylic acids is 1. The first kappa shape index (κ1) is 14.4. The summed E-state index contributed by atoms with van der Waals surface area (Å²) in [6, 6.07) is 6.70. The number of nitrogens with one attached hydrogen (secondary N) is 1. The Kier molecular flexibility index (Phi) is 4.29. The number of amides is 1. The van der Waals surface area contributed by atoms with Crippen LogP contribution in [0.3, 0.4) is 0 Å². The highest BCUT2D eigenvalue weighted by atomic mass is 35.5. The van der Waals surface area contributed by atoms with Gasteiger partial charge in [0.1, 0.15) is 5.58 Å². The molecule has 1 heterocycles. The quantitative estimate of drug-likeness (QED) is 0.889. The number of benzene rings is 1. The Labute approximate surface area is 120 Å². The van der Waals surface area contributed by atoms with Crippen LogP contribution in [-0.4, -0.2) is 23.5 Å². The summed E-state index contributed by atoms with van der Waals surface area (Å²) in [5, 5.41) is 12.6. The minimum absolute atomic E-state index is 0.00994. The average molecular weight is 296 g/mol. The molecule has 1 amide bonds. The summed E-state index contributed by atoms with van der Waals surface area (Å²) in [6.07, 6.45) is 0.00994. The van der Waals surface area contributed by atoms with Gasteiger partial charge in [-0.3, -0.25) is 9.59 Å². The molecular weight excluding hydrogens is 282 g/mol. The summed E-state index contributed by atoms with van der Waals surface area (Å²) >= 11 is 5.86. The molecule has 5 nitrogen and oxygen atoms in total. The molecule has 1 aromatic carbocycles. The van der Waals surface area contributed by atoms with Crippen LogP contribution in [0, 0.1) is 5.92 Å². The smallest absolute Gasteiger partial charge is 0.303 e. The fraction of sp³-hybridized carbons (Fsp3) is 0.286. The lowest BCUT2D eigenvalue weighted by atomic mass is 10.1. The third-order valence-electron chi connectivity index (χ3n) is 2.84. The predicted molar refractivity (Wildman–Crippen MR) is 75.0 cm³/mol. The van der Waals surface area contributed by atoms with Crippen molar-refractivity contribution in [2.75, 3.05) is 6.54 Å². The zero-order chi connectivity index (χ0) is 14.7. The van der Waals surface area contributed by atoms with Crippen molar-refractivity contribution >= 4 is 34.4 Å². The minimum atomic E-state index is -0.884. The van der Waals surface area contributed by atoms with E-state index in [0.717, 1.165) is 5.39 Å². The Bertz CT molecular complexity index is 650. The first-order valence-electron chi connectivity index (χ1n) is 6.15. The maximum Gasteiger partial charge on any atom is 0.303 e. The molecule has 6 heteroatoms. The number of carboxylic acids is 1.